The monoisotopic (exact) mass is 471 g/mol. The minimum absolute atomic E-state index is 0.110. The van der Waals surface area contributed by atoms with Gasteiger partial charge in [0.25, 0.3) is 5.91 Å². The van der Waals surface area contributed by atoms with Gasteiger partial charge in [0.2, 0.25) is 11.8 Å². The molecule has 1 aliphatic heterocycles. The normalized spacial score (nSPS) is 14.3. The van der Waals surface area contributed by atoms with E-state index in [4.69, 9.17) is 4.74 Å². The molecule has 1 saturated heterocycles. The van der Waals surface area contributed by atoms with Crippen LogP contribution in [0.4, 0.5) is 5.69 Å². The van der Waals surface area contributed by atoms with Gasteiger partial charge in [-0.05, 0) is 54.8 Å². The summed E-state index contributed by atoms with van der Waals surface area (Å²) in [4.78, 5) is 39.5. The van der Waals surface area contributed by atoms with E-state index in [1.54, 1.807) is 31.4 Å². The molecule has 4 rings (SSSR count). The summed E-state index contributed by atoms with van der Waals surface area (Å²) in [6, 6.07) is 24.4. The number of ether oxygens (including phenoxy) is 1. The third-order valence-corrected chi connectivity index (χ3v) is 6.12. The number of anilines is 1. The Morgan fingerprint density at radius 2 is 1.66 bits per heavy atom. The number of rotatable bonds is 8. The Hall–Kier alpha value is -4.13. The van der Waals surface area contributed by atoms with E-state index in [9.17, 15) is 14.4 Å². The summed E-state index contributed by atoms with van der Waals surface area (Å²) < 4.78 is 5.51. The van der Waals surface area contributed by atoms with Gasteiger partial charge in [-0.1, -0.05) is 48.5 Å². The summed E-state index contributed by atoms with van der Waals surface area (Å²) in [5.74, 6) is 0.296. The highest BCUT2D eigenvalue weighted by Crippen LogP contribution is 2.24. The van der Waals surface area contributed by atoms with Crippen molar-refractivity contribution in [1.82, 2.24) is 10.3 Å². The Bertz CT molecular complexity index is 1190. The predicted octanol–water partition coefficient (Wildman–Crippen LogP) is 4.13. The lowest BCUT2D eigenvalue weighted by Crippen LogP contribution is -2.50. The van der Waals surface area contributed by atoms with E-state index in [2.05, 4.69) is 5.43 Å². The van der Waals surface area contributed by atoms with Crippen molar-refractivity contribution in [3.05, 3.63) is 95.6 Å². The van der Waals surface area contributed by atoms with Gasteiger partial charge < -0.3 is 9.64 Å². The van der Waals surface area contributed by atoms with Gasteiger partial charge in [-0.15, -0.1) is 0 Å². The highest BCUT2D eigenvalue weighted by Gasteiger charge is 2.26. The van der Waals surface area contributed by atoms with Crippen LogP contribution in [0.2, 0.25) is 0 Å². The zero-order chi connectivity index (χ0) is 24.8. The molecule has 35 heavy (non-hydrogen) atoms. The van der Waals surface area contributed by atoms with Crippen molar-refractivity contribution in [1.29, 1.82) is 0 Å². The second-order valence-corrected chi connectivity index (χ2v) is 8.59. The van der Waals surface area contributed by atoms with Crippen LogP contribution < -0.4 is 15.2 Å². The third kappa shape index (κ3) is 5.69. The molecule has 1 N–H and O–H groups in total. The van der Waals surface area contributed by atoms with Gasteiger partial charge in [-0.3, -0.25) is 19.8 Å². The lowest BCUT2D eigenvalue weighted by atomic mass is 10.0. The molecule has 1 atom stereocenters. The van der Waals surface area contributed by atoms with Crippen LogP contribution in [0.25, 0.3) is 0 Å². The summed E-state index contributed by atoms with van der Waals surface area (Å²) in [6.07, 6.45) is 0.983. The Morgan fingerprint density at radius 1 is 0.971 bits per heavy atom. The minimum Gasteiger partial charge on any atom is -0.496 e. The van der Waals surface area contributed by atoms with E-state index in [0.29, 0.717) is 24.2 Å². The average Bonchev–Trinajstić information content (AvgIpc) is 2.89. The van der Waals surface area contributed by atoms with Crippen molar-refractivity contribution in [2.24, 2.45) is 0 Å². The Balaban J connectivity index is 1.58. The van der Waals surface area contributed by atoms with E-state index in [0.717, 1.165) is 16.9 Å². The molecule has 3 amide bonds. The largest absolute Gasteiger partial charge is 0.496 e. The average molecular weight is 472 g/mol. The summed E-state index contributed by atoms with van der Waals surface area (Å²) in [6.45, 7) is 2.49. The van der Waals surface area contributed by atoms with Crippen LogP contribution in [-0.2, 0) is 22.6 Å². The Kier molecular flexibility index (Phi) is 7.45. The van der Waals surface area contributed by atoms with E-state index in [-0.39, 0.29) is 36.6 Å². The lowest BCUT2D eigenvalue weighted by Gasteiger charge is -2.31. The Morgan fingerprint density at radius 3 is 2.37 bits per heavy atom. The van der Waals surface area contributed by atoms with Crippen molar-refractivity contribution < 1.29 is 19.1 Å². The number of benzene rings is 3. The molecule has 3 aromatic carbocycles. The zero-order valence-electron chi connectivity index (χ0n) is 19.9. The fourth-order valence-electron chi connectivity index (χ4n) is 4.21. The molecule has 7 nitrogen and oxygen atoms in total. The van der Waals surface area contributed by atoms with Crippen molar-refractivity contribution in [3.63, 3.8) is 0 Å². The smallest absolute Gasteiger partial charge is 0.254 e. The first-order valence-corrected chi connectivity index (χ1v) is 11.7. The van der Waals surface area contributed by atoms with Gasteiger partial charge in [-0.2, -0.15) is 0 Å². The maximum atomic E-state index is 13.7. The van der Waals surface area contributed by atoms with Crippen LogP contribution in [0.15, 0.2) is 78.9 Å². The highest BCUT2D eigenvalue weighted by molar-refractivity contribution is 6.01. The van der Waals surface area contributed by atoms with Gasteiger partial charge in [-0.25, -0.2) is 5.01 Å². The Labute approximate surface area is 205 Å². The number of hydrogen-bond donors (Lipinski definition) is 1. The second-order valence-electron chi connectivity index (χ2n) is 8.59. The van der Waals surface area contributed by atoms with Gasteiger partial charge >= 0.3 is 0 Å². The predicted molar refractivity (Wildman–Crippen MR) is 134 cm³/mol. The van der Waals surface area contributed by atoms with Gasteiger partial charge in [0.15, 0.2) is 0 Å². The molecule has 0 aromatic heterocycles. The molecule has 0 aliphatic carbocycles. The third-order valence-electron chi connectivity index (χ3n) is 6.12. The first kappa shape index (κ1) is 24.0. The summed E-state index contributed by atoms with van der Waals surface area (Å²) in [5, 5.41) is 1.24. The van der Waals surface area contributed by atoms with Gasteiger partial charge in [0, 0.05) is 31.0 Å². The lowest BCUT2D eigenvalue weighted by molar-refractivity contribution is -0.130. The van der Waals surface area contributed by atoms with Crippen LogP contribution in [0.5, 0.6) is 5.75 Å². The van der Waals surface area contributed by atoms with Gasteiger partial charge in [0.05, 0.1) is 12.8 Å². The molecule has 3 aromatic rings. The second kappa shape index (κ2) is 10.9. The molecule has 1 heterocycles. The maximum absolute atomic E-state index is 13.7. The van der Waals surface area contributed by atoms with Crippen LogP contribution in [-0.4, -0.2) is 35.8 Å². The topological polar surface area (TPSA) is 79.0 Å². The molecule has 1 aliphatic rings. The SMILES string of the molecule is COc1ccccc1CC(C)N(Cc1ccccc1)C(=O)c1ccc(N2NC(=O)CCC2=O)cc1. The molecule has 1 unspecified atom stereocenters. The number of carbonyl (C=O) groups is 3. The fourth-order valence-corrected chi connectivity index (χ4v) is 4.21. The molecule has 0 saturated carbocycles. The maximum Gasteiger partial charge on any atom is 0.254 e. The number of methoxy groups -OCH3 is 1. The number of nitrogens with one attached hydrogen (secondary N) is 1. The first-order chi connectivity index (χ1) is 17.0. The van der Waals surface area contributed by atoms with Crippen LogP contribution in [0, 0.1) is 0 Å². The highest BCUT2D eigenvalue weighted by atomic mass is 16.5. The van der Waals surface area contributed by atoms with Crippen molar-refractivity contribution in [2.75, 3.05) is 12.1 Å². The molecule has 0 spiro atoms. The molecular formula is C28H29N3O4. The molecule has 0 radical (unpaired) electrons. The van der Waals surface area contributed by atoms with Crippen LogP contribution >= 0.6 is 0 Å². The van der Waals surface area contributed by atoms with E-state index < -0.39 is 0 Å². The molecule has 180 valence electrons. The number of nitrogens with zero attached hydrogens (tertiary/aromatic N) is 2. The zero-order valence-corrected chi connectivity index (χ0v) is 19.9. The molecular weight excluding hydrogens is 442 g/mol. The number of hydrazine groups is 1. The molecule has 1 fully saturated rings. The first-order valence-electron chi connectivity index (χ1n) is 11.7. The van der Waals surface area contributed by atoms with Crippen LogP contribution in [0.3, 0.4) is 0 Å². The number of amides is 3. The summed E-state index contributed by atoms with van der Waals surface area (Å²) in [7, 11) is 1.65. The van der Waals surface area contributed by atoms with Crippen LogP contribution in [0.1, 0.15) is 41.3 Å². The standard InChI is InChI=1S/C28H29N3O4/c1-20(18-23-10-6-7-11-25(23)35-2)30(19-21-8-4-3-5-9-21)28(34)22-12-14-24(15-13-22)31-27(33)17-16-26(32)29-31/h3-15,20H,16-19H2,1-2H3,(H,29,32). The summed E-state index contributed by atoms with van der Waals surface area (Å²) >= 11 is 0. The number of hydrogen-bond acceptors (Lipinski definition) is 4. The van der Waals surface area contributed by atoms with Crippen molar-refractivity contribution in [2.45, 2.75) is 38.8 Å². The van der Waals surface area contributed by atoms with Gasteiger partial charge in [0.1, 0.15) is 5.75 Å². The number of carbonyl (C=O) groups excluding carboxylic acids is 3. The van der Waals surface area contributed by atoms with E-state index in [1.165, 1.54) is 5.01 Å². The number of para-hydroxylation sites is 1. The molecule has 0 bridgehead atoms. The minimum atomic E-state index is -0.205. The van der Waals surface area contributed by atoms with E-state index in [1.807, 2.05) is 66.4 Å². The van der Waals surface area contributed by atoms with E-state index >= 15 is 0 Å². The summed E-state index contributed by atoms with van der Waals surface area (Å²) in [5.41, 5.74) is 5.68. The van der Waals surface area contributed by atoms with Crippen molar-refractivity contribution in [3.8, 4) is 5.75 Å². The quantitative estimate of drug-likeness (QED) is 0.536. The molecule has 7 heteroatoms. The fraction of sp³-hybridized carbons (Fsp3) is 0.250. The van der Waals surface area contributed by atoms with Crippen molar-refractivity contribution >= 4 is 23.4 Å².